The first-order chi connectivity index (χ1) is 13.1. The quantitative estimate of drug-likeness (QED) is 0.804. The number of hydrogen-bond donors (Lipinski definition) is 1. The maximum Gasteiger partial charge on any atom is 0.251 e. The SMILES string of the molecule is COc1cc(C(=O)NCCc2nccn2C)ccc1OC1CCN(C)CC1. The van der Waals surface area contributed by atoms with Crippen molar-refractivity contribution in [3.05, 3.63) is 42.0 Å². The maximum atomic E-state index is 12.4. The third kappa shape index (κ3) is 5.01. The van der Waals surface area contributed by atoms with Crippen LogP contribution in [-0.4, -0.2) is 60.3 Å². The fourth-order valence-corrected chi connectivity index (χ4v) is 3.22. The summed E-state index contributed by atoms with van der Waals surface area (Å²) < 4.78 is 13.5. The van der Waals surface area contributed by atoms with Crippen LogP contribution in [0.3, 0.4) is 0 Å². The molecule has 1 aliphatic rings. The lowest BCUT2D eigenvalue weighted by molar-refractivity contribution is 0.0953. The molecule has 3 rings (SSSR count). The summed E-state index contributed by atoms with van der Waals surface area (Å²) in [5.41, 5.74) is 0.558. The molecule has 0 saturated carbocycles. The Labute approximate surface area is 160 Å². The van der Waals surface area contributed by atoms with Crippen molar-refractivity contribution in [2.75, 3.05) is 33.8 Å². The first-order valence-corrected chi connectivity index (χ1v) is 9.34. The number of carbonyl (C=O) groups is 1. The van der Waals surface area contributed by atoms with E-state index in [-0.39, 0.29) is 12.0 Å². The lowest BCUT2D eigenvalue weighted by atomic mass is 10.1. The molecule has 0 unspecified atom stereocenters. The fraction of sp³-hybridized carbons (Fsp3) is 0.500. The molecular weight excluding hydrogens is 344 g/mol. The van der Waals surface area contributed by atoms with Crippen LogP contribution < -0.4 is 14.8 Å². The molecule has 0 bridgehead atoms. The van der Waals surface area contributed by atoms with Crippen molar-refractivity contribution in [1.82, 2.24) is 19.8 Å². The van der Waals surface area contributed by atoms with Crippen LogP contribution in [0, 0.1) is 0 Å². The molecule has 1 aromatic carbocycles. The van der Waals surface area contributed by atoms with E-state index in [1.54, 1.807) is 25.4 Å². The van der Waals surface area contributed by atoms with Gasteiger partial charge < -0.3 is 24.3 Å². The molecule has 7 nitrogen and oxygen atoms in total. The number of aryl methyl sites for hydroxylation is 1. The third-order valence-electron chi connectivity index (χ3n) is 4.94. The van der Waals surface area contributed by atoms with Gasteiger partial charge in [0.2, 0.25) is 0 Å². The second kappa shape index (κ2) is 8.90. The Hall–Kier alpha value is -2.54. The molecule has 146 valence electrons. The minimum Gasteiger partial charge on any atom is -0.493 e. The number of aromatic nitrogens is 2. The van der Waals surface area contributed by atoms with E-state index in [4.69, 9.17) is 9.47 Å². The standard InChI is InChI=1S/C20H28N4O3/c1-23-11-7-16(8-12-23)27-17-5-4-15(14-18(17)26-3)20(25)22-9-6-19-21-10-13-24(19)2/h4-5,10,13-14,16H,6-9,11-12H2,1-3H3,(H,22,25). The summed E-state index contributed by atoms with van der Waals surface area (Å²) in [4.78, 5) is 19.0. The topological polar surface area (TPSA) is 68.6 Å². The van der Waals surface area contributed by atoms with Gasteiger partial charge in [-0.2, -0.15) is 0 Å². The smallest absolute Gasteiger partial charge is 0.251 e. The Morgan fingerprint density at radius 1 is 1.26 bits per heavy atom. The minimum atomic E-state index is -0.131. The van der Waals surface area contributed by atoms with Gasteiger partial charge in [0.15, 0.2) is 11.5 Å². The van der Waals surface area contributed by atoms with Crippen molar-refractivity contribution in [3.63, 3.8) is 0 Å². The predicted octanol–water partition coefficient (Wildman–Crippen LogP) is 1.87. The van der Waals surface area contributed by atoms with Crippen molar-refractivity contribution in [3.8, 4) is 11.5 Å². The third-order valence-corrected chi connectivity index (χ3v) is 4.94. The van der Waals surface area contributed by atoms with E-state index in [2.05, 4.69) is 22.2 Å². The molecule has 0 atom stereocenters. The predicted molar refractivity (Wildman–Crippen MR) is 103 cm³/mol. The Morgan fingerprint density at radius 2 is 2.04 bits per heavy atom. The number of ether oxygens (including phenoxy) is 2. The van der Waals surface area contributed by atoms with Crippen molar-refractivity contribution in [2.24, 2.45) is 7.05 Å². The minimum absolute atomic E-state index is 0.131. The van der Waals surface area contributed by atoms with Gasteiger partial charge in [0.05, 0.1) is 7.11 Å². The summed E-state index contributed by atoms with van der Waals surface area (Å²) >= 11 is 0. The molecule has 2 aromatic rings. The Morgan fingerprint density at radius 3 is 2.70 bits per heavy atom. The van der Waals surface area contributed by atoms with E-state index in [1.807, 2.05) is 23.9 Å². The monoisotopic (exact) mass is 372 g/mol. The molecule has 1 N–H and O–H groups in total. The summed E-state index contributed by atoms with van der Waals surface area (Å²) in [7, 11) is 5.66. The van der Waals surface area contributed by atoms with Crippen molar-refractivity contribution in [1.29, 1.82) is 0 Å². The number of amides is 1. The Kier molecular flexibility index (Phi) is 6.34. The summed E-state index contributed by atoms with van der Waals surface area (Å²) in [6.45, 7) is 2.59. The largest absolute Gasteiger partial charge is 0.493 e. The van der Waals surface area contributed by atoms with Crippen molar-refractivity contribution >= 4 is 5.91 Å². The van der Waals surface area contributed by atoms with Crippen LogP contribution in [0.15, 0.2) is 30.6 Å². The van der Waals surface area contributed by atoms with Gasteiger partial charge in [-0.05, 0) is 38.1 Å². The second-order valence-corrected chi connectivity index (χ2v) is 6.95. The van der Waals surface area contributed by atoms with Crippen molar-refractivity contribution < 1.29 is 14.3 Å². The lowest BCUT2D eigenvalue weighted by Gasteiger charge is -2.29. The molecule has 1 saturated heterocycles. The van der Waals surface area contributed by atoms with Crippen LogP contribution in [0.4, 0.5) is 0 Å². The number of benzene rings is 1. The van der Waals surface area contributed by atoms with E-state index in [9.17, 15) is 4.79 Å². The zero-order chi connectivity index (χ0) is 19.2. The Balaban J connectivity index is 1.57. The molecule has 1 amide bonds. The van der Waals surface area contributed by atoms with Gasteiger partial charge in [-0.25, -0.2) is 4.98 Å². The van der Waals surface area contributed by atoms with E-state index in [1.165, 1.54) is 0 Å². The number of carbonyl (C=O) groups excluding carboxylic acids is 1. The molecule has 7 heteroatoms. The second-order valence-electron chi connectivity index (χ2n) is 6.95. The van der Waals surface area contributed by atoms with Crippen LogP contribution in [0.5, 0.6) is 11.5 Å². The molecule has 1 aliphatic heterocycles. The summed E-state index contributed by atoms with van der Waals surface area (Å²) in [6.07, 6.45) is 6.51. The summed E-state index contributed by atoms with van der Waals surface area (Å²) in [6, 6.07) is 5.34. The highest BCUT2D eigenvalue weighted by molar-refractivity contribution is 5.94. The molecule has 1 fully saturated rings. The van der Waals surface area contributed by atoms with Gasteiger partial charge in [0.1, 0.15) is 11.9 Å². The molecule has 1 aromatic heterocycles. The molecule has 0 radical (unpaired) electrons. The van der Waals surface area contributed by atoms with E-state index in [0.29, 0.717) is 30.0 Å². The molecule has 0 aliphatic carbocycles. The van der Waals surface area contributed by atoms with Crippen LogP contribution in [0.2, 0.25) is 0 Å². The van der Waals surface area contributed by atoms with Gasteiger partial charge in [-0.1, -0.05) is 0 Å². The molecule has 2 heterocycles. The normalized spacial score (nSPS) is 15.5. The van der Waals surface area contributed by atoms with Gasteiger partial charge in [0.25, 0.3) is 5.91 Å². The first kappa shape index (κ1) is 19.2. The number of rotatable bonds is 7. The zero-order valence-corrected chi connectivity index (χ0v) is 16.3. The number of methoxy groups -OCH3 is 1. The molecule has 27 heavy (non-hydrogen) atoms. The van der Waals surface area contributed by atoms with E-state index in [0.717, 1.165) is 31.8 Å². The van der Waals surface area contributed by atoms with Crippen LogP contribution in [-0.2, 0) is 13.5 Å². The molecular formula is C20H28N4O3. The number of nitrogens with zero attached hydrogens (tertiary/aromatic N) is 3. The number of likely N-dealkylation sites (tertiary alicyclic amines) is 1. The number of piperidine rings is 1. The highest BCUT2D eigenvalue weighted by Gasteiger charge is 2.20. The summed E-state index contributed by atoms with van der Waals surface area (Å²) in [5, 5.41) is 2.93. The average Bonchev–Trinajstić information content (AvgIpc) is 3.08. The van der Waals surface area contributed by atoms with Crippen LogP contribution in [0.25, 0.3) is 0 Å². The number of hydrogen-bond acceptors (Lipinski definition) is 5. The average molecular weight is 372 g/mol. The summed E-state index contributed by atoms with van der Waals surface area (Å²) in [5.74, 6) is 2.09. The Bertz CT molecular complexity index is 766. The van der Waals surface area contributed by atoms with E-state index >= 15 is 0 Å². The van der Waals surface area contributed by atoms with Gasteiger partial charge in [-0.3, -0.25) is 4.79 Å². The maximum absolute atomic E-state index is 12.4. The number of imidazole rings is 1. The fourth-order valence-electron chi connectivity index (χ4n) is 3.22. The lowest BCUT2D eigenvalue weighted by Crippen LogP contribution is -2.35. The highest BCUT2D eigenvalue weighted by atomic mass is 16.5. The van der Waals surface area contributed by atoms with Crippen LogP contribution >= 0.6 is 0 Å². The van der Waals surface area contributed by atoms with Gasteiger partial charge in [0, 0.05) is 51.1 Å². The zero-order valence-electron chi connectivity index (χ0n) is 16.3. The molecule has 0 spiro atoms. The van der Waals surface area contributed by atoms with Gasteiger partial charge in [-0.15, -0.1) is 0 Å². The van der Waals surface area contributed by atoms with E-state index < -0.39 is 0 Å². The number of nitrogens with one attached hydrogen (secondary N) is 1. The highest BCUT2D eigenvalue weighted by Crippen LogP contribution is 2.30. The van der Waals surface area contributed by atoms with Crippen LogP contribution in [0.1, 0.15) is 29.0 Å². The van der Waals surface area contributed by atoms with Gasteiger partial charge >= 0.3 is 0 Å². The first-order valence-electron chi connectivity index (χ1n) is 9.34. The van der Waals surface area contributed by atoms with Crippen molar-refractivity contribution in [2.45, 2.75) is 25.4 Å².